The smallest absolute Gasteiger partial charge is 0.198 e. The standard InChI is InChI=1S/C23H24N4OS/c1-16-6-9-22(17(2)11-16)26-19-7-8-21-18(13-24-3)15-27(23(21)12-19)29(28)20-5-4-10-25-14-20/h4-12,14-15,24,26H,13H2,1-3H3. The molecule has 1 unspecified atom stereocenters. The van der Waals surface area contributed by atoms with Crippen LogP contribution in [0.1, 0.15) is 16.7 Å². The molecule has 2 aromatic carbocycles. The molecular weight excluding hydrogens is 380 g/mol. The number of nitrogens with zero attached hydrogens (tertiary/aromatic N) is 2. The predicted molar refractivity (Wildman–Crippen MR) is 120 cm³/mol. The van der Waals surface area contributed by atoms with Crippen LogP contribution in [-0.2, 0) is 17.9 Å². The highest BCUT2D eigenvalue weighted by Crippen LogP contribution is 2.30. The van der Waals surface area contributed by atoms with Gasteiger partial charge in [0.15, 0.2) is 4.90 Å². The molecule has 29 heavy (non-hydrogen) atoms. The maximum absolute atomic E-state index is 13.2. The van der Waals surface area contributed by atoms with Gasteiger partial charge in [-0.2, -0.15) is 3.97 Å². The van der Waals surface area contributed by atoms with E-state index >= 15 is 0 Å². The van der Waals surface area contributed by atoms with Gasteiger partial charge in [-0.05, 0) is 62.4 Å². The van der Waals surface area contributed by atoms with E-state index in [0.717, 1.165) is 27.8 Å². The van der Waals surface area contributed by atoms with Gasteiger partial charge in [0, 0.05) is 29.5 Å². The van der Waals surface area contributed by atoms with E-state index in [2.05, 4.69) is 65.9 Å². The van der Waals surface area contributed by atoms with Gasteiger partial charge in [0.05, 0.1) is 12.4 Å². The third-order valence-electron chi connectivity index (χ3n) is 4.90. The Bertz CT molecular complexity index is 1140. The Balaban J connectivity index is 1.77. The van der Waals surface area contributed by atoms with Gasteiger partial charge in [-0.15, -0.1) is 0 Å². The Kier molecular flexibility index (Phi) is 5.58. The van der Waals surface area contributed by atoms with Gasteiger partial charge in [-0.25, -0.2) is 0 Å². The summed E-state index contributed by atoms with van der Waals surface area (Å²) in [6, 6.07) is 16.2. The predicted octanol–water partition coefficient (Wildman–Crippen LogP) is 4.69. The van der Waals surface area contributed by atoms with Gasteiger partial charge in [0.2, 0.25) is 0 Å². The Hall–Kier alpha value is -2.80. The molecule has 148 valence electrons. The average Bonchev–Trinajstić information content (AvgIpc) is 3.08. The number of fused-ring (bicyclic) bond motifs is 1. The molecule has 2 N–H and O–H groups in total. The fraction of sp³-hybridized carbons (Fsp3) is 0.174. The second-order valence-electron chi connectivity index (χ2n) is 7.12. The third kappa shape index (κ3) is 4.00. The van der Waals surface area contributed by atoms with Crippen molar-refractivity contribution in [3.05, 3.63) is 83.8 Å². The number of nitrogens with one attached hydrogen (secondary N) is 2. The van der Waals surface area contributed by atoms with Crippen molar-refractivity contribution in [2.75, 3.05) is 12.4 Å². The van der Waals surface area contributed by atoms with E-state index in [-0.39, 0.29) is 0 Å². The molecule has 2 aromatic heterocycles. The summed E-state index contributed by atoms with van der Waals surface area (Å²) in [5.41, 5.74) is 6.49. The van der Waals surface area contributed by atoms with E-state index in [9.17, 15) is 4.55 Å². The van der Waals surface area contributed by atoms with Crippen LogP contribution in [0.25, 0.3) is 10.9 Å². The maximum Gasteiger partial charge on any atom is 0.198 e. The molecule has 0 saturated carbocycles. The summed E-state index contributed by atoms with van der Waals surface area (Å²) in [6.45, 7) is 4.89. The van der Waals surface area contributed by atoms with Crippen molar-refractivity contribution in [1.29, 1.82) is 0 Å². The van der Waals surface area contributed by atoms with E-state index in [1.807, 2.05) is 23.3 Å². The molecular formula is C23H24N4OS. The van der Waals surface area contributed by atoms with Crippen LogP contribution in [0, 0.1) is 13.8 Å². The number of rotatable bonds is 6. The van der Waals surface area contributed by atoms with Crippen LogP contribution in [0.2, 0.25) is 0 Å². The number of benzene rings is 2. The van der Waals surface area contributed by atoms with Crippen molar-refractivity contribution in [3.8, 4) is 0 Å². The lowest BCUT2D eigenvalue weighted by Gasteiger charge is -2.13. The fourth-order valence-electron chi connectivity index (χ4n) is 3.49. The van der Waals surface area contributed by atoms with Crippen LogP contribution in [-0.4, -0.2) is 20.6 Å². The van der Waals surface area contributed by atoms with E-state index in [0.29, 0.717) is 11.4 Å². The molecule has 0 aliphatic rings. The molecule has 5 nitrogen and oxygen atoms in total. The van der Waals surface area contributed by atoms with Crippen molar-refractivity contribution in [2.24, 2.45) is 0 Å². The van der Waals surface area contributed by atoms with Crippen molar-refractivity contribution in [3.63, 3.8) is 0 Å². The third-order valence-corrected chi connectivity index (χ3v) is 6.20. The van der Waals surface area contributed by atoms with Crippen molar-refractivity contribution >= 4 is 33.6 Å². The lowest BCUT2D eigenvalue weighted by atomic mass is 10.1. The highest BCUT2D eigenvalue weighted by atomic mass is 32.2. The maximum atomic E-state index is 13.2. The summed E-state index contributed by atoms with van der Waals surface area (Å²) in [4.78, 5) is 4.79. The highest BCUT2D eigenvalue weighted by Gasteiger charge is 2.20. The zero-order chi connectivity index (χ0) is 20.4. The van der Waals surface area contributed by atoms with Crippen molar-refractivity contribution in [2.45, 2.75) is 25.3 Å². The van der Waals surface area contributed by atoms with E-state index < -0.39 is 11.4 Å². The number of aryl methyl sites for hydroxylation is 2. The number of anilines is 2. The summed E-state index contributed by atoms with van der Waals surface area (Å²) in [7, 11) is 1.91. The minimum atomic E-state index is -1.37. The Labute approximate surface area is 174 Å². The van der Waals surface area contributed by atoms with Crippen LogP contribution in [0.3, 0.4) is 0 Å². The number of aromatic nitrogens is 2. The monoisotopic (exact) mass is 404 g/mol. The summed E-state index contributed by atoms with van der Waals surface area (Å²) in [6.07, 6.45) is 5.30. The first-order valence-corrected chi connectivity index (χ1v) is 10.6. The normalized spacial score (nSPS) is 12.3. The van der Waals surface area contributed by atoms with Crippen LogP contribution in [0.15, 0.2) is 72.0 Å². The van der Waals surface area contributed by atoms with Crippen LogP contribution < -0.4 is 10.6 Å². The first-order valence-electron chi connectivity index (χ1n) is 9.52. The fourth-order valence-corrected chi connectivity index (χ4v) is 4.61. The quantitative estimate of drug-likeness (QED) is 0.458. The van der Waals surface area contributed by atoms with Crippen LogP contribution in [0.5, 0.6) is 0 Å². The molecule has 0 spiro atoms. The van der Waals surface area contributed by atoms with Gasteiger partial charge in [-0.1, -0.05) is 23.8 Å². The summed E-state index contributed by atoms with van der Waals surface area (Å²) in [5.74, 6) is 0. The molecule has 0 radical (unpaired) electrons. The molecule has 0 fully saturated rings. The van der Waals surface area contributed by atoms with Gasteiger partial charge in [0.25, 0.3) is 0 Å². The van der Waals surface area contributed by atoms with Gasteiger partial charge >= 0.3 is 0 Å². The molecule has 0 bridgehead atoms. The van der Waals surface area contributed by atoms with Crippen LogP contribution in [0.4, 0.5) is 11.4 Å². The largest absolute Gasteiger partial charge is 0.587 e. The lowest BCUT2D eigenvalue weighted by Crippen LogP contribution is -2.12. The SMILES string of the molecule is CNCc1cn([S+]([O-])c2cccnc2)c2cc(Nc3ccc(C)cc3C)ccc12. The zero-order valence-corrected chi connectivity index (χ0v) is 17.6. The van der Waals surface area contributed by atoms with Crippen LogP contribution >= 0.6 is 0 Å². The van der Waals surface area contributed by atoms with E-state index in [1.54, 1.807) is 18.5 Å². The zero-order valence-electron chi connectivity index (χ0n) is 16.8. The molecule has 0 aliphatic carbocycles. The average molecular weight is 405 g/mol. The molecule has 0 aliphatic heterocycles. The van der Waals surface area contributed by atoms with Gasteiger partial charge in [-0.3, -0.25) is 4.98 Å². The number of pyridine rings is 1. The second kappa shape index (κ2) is 8.29. The molecule has 4 rings (SSSR count). The Morgan fingerprint density at radius 3 is 2.69 bits per heavy atom. The lowest BCUT2D eigenvalue weighted by molar-refractivity contribution is 0.587. The summed E-state index contributed by atoms with van der Waals surface area (Å²) < 4.78 is 15.1. The van der Waals surface area contributed by atoms with E-state index in [1.165, 1.54) is 11.1 Å². The molecule has 0 saturated heterocycles. The van der Waals surface area contributed by atoms with Crippen molar-refractivity contribution < 1.29 is 4.55 Å². The minimum Gasteiger partial charge on any atom is -0.587 e. The molecule has 0 amide bonds. The second-order valence-corrected chi connectivity index (χ2v) is 8.49. The Morgan fingerprint density at radius 2 is 1.97 bits per heavy atom. The summed E-state index contributed by atoms with van der Waals surface area (Å²) in [5, 5.41) is 7.78. The minimum absolute atomic E-state index is 0.674. The topological polar surface area (TPSA) is 64.9 Å². The highest BCUT2D eigenvalue weighted by molar-refractivity contribution is 7.90. The molecule has 1 atom stereocenters. The summed E-state index contributed by atoms with van der Waals surface area (Å²) >= 11 is -1.37. The van der Waals surface area contributed by atoms with Gasteiger partial charge < -0.3 is 15.2 Å². The first-order chi connectivity index (χ1) is 14.1. The number of hydrogen-bond donors (Lipinski definition) is 2. The number of hydrogen-bond acceptors (Lipinski definition) is 4. The molecule has 2 heterocycles. The van der Waals surface area contributed by atoms with Crippen molar-refractivity contribution in [1.82, 2.24) is 14.3 Å². The molecule has 4 aromatic rings. The molecule has 6 heteroatoms. The van der Waals surface area contributed by atoms with E-state index in [4.69, 9.17) is 0 Å². The van der Waals surface area contributed by atoms with Gasteiger partial charge in [0.1, 0.15) is 16.9 Å². The first kappa shape index (κ1) is 19.5. The Morgan fingerprint density at radius 1 is 1.10 bits per heavy atom.